The molecule has 5 heteroatoms. The molecule has 2 rings (SSSR count). The molecule has 1 amide bonds. The van der Waals surface area contributed by atoms with E-state index in [1.165, 1.54) is 0 Å². The Morgan fingerprint density at radius 2 is 2.19 bits per heavy atom. The summed E-state index contributed by atoms with van der Waals surface area (Å²) in [6, 6.07) is 7.35. The summed E-state index contributed by atoms with van der Waals surface area (Å²) in [5.41, 5.74) is 6.57. The second-order valence-corrected chi connectivity index (χ2v) is 6.34. The number of amides is 1. The molecule has 0 bridgehead atoms. The molecule has 0 radical (unpaired) electrons. The van der Waals surface area contributed by atoms with Crippen LogP contribution in [0.5, 0.6) is 5.75 Å². The highest BCUT2D eigenvalue weighted by molar-refractivity contribution is 5.84. The van der Waals surface area contributed by atoms with Crippen LogP contribution in [0.1, 0.15) is 25.5 Å². The summed E-state index contributed by atoms with van der Waals surface area (Å²) < 4.78 is 5.68. The molecular formula is C16H25N3O2. The number of benzene rings is 1. The van der Waals surface area contributed by atoms with Crippen LogP contribution in [0.2, 0.25) is 0 Å². The fourth-order valence-electron chi connectivity index (χ4n) is 2.55. The van der Waals surface area contributed by atoms with Crippen LogP contribution in [-0.2, 0) is 4.79 Å². The number of carbonyl (C=O) groups excluding carboxylic acids is 1. The third kappa shape index (κ3) is 3.74. The van der Waals surface area contributed by atoms with Gasteiger partial charge in [0.1, 0.15) is 18.4 Å². The first kappa shape index (κ1) is 15.8. The van der Waals surface area contributed by atoms with Crippen LogP contribution in [0.15, 0.2) is 24.3 Å². The predicted molar refractivity (Wildman–Crippen MR) is 83.2 cm³/mol. The van der Waals surface area contributed by atoms with Crippen molar-refractivity contribution < 1.29 is 9.53 Å². The maximum atomic E-state index is 12.8. The van der Waals surface area contributed by atoms with E-state index in [1.807, 2.05) is 31.3 Å². The fourth-order valence-corrected chi connectivity index (χ4v) is 2.55. The monoisotopic (exact) mass is 291 g/mol. The molecule has 21 heavy (non-hydrogen) atoms. The molecule has 1 atom stereocenters. The first-order valence-electron chi connectivity index (χ1n) is 7.35. The molecule has 0 spiro atoms. The number of ether oxygens (including phenoxy) is 1. The predicted octanol–water partition coefficient (Wildman–Crippen LogP) is 1.15. The van der Waals surface area contributed by atoms with Crippen molar-refractivity contribution in [2.45, 2.75) is 19.9 Å². The van der Waals surface area contributed by atoms with E-state index in [2.05, 4.69) is 19.2 Å². The third-order valence-corrected chi connectivity index (χ3v) is 3.78. The highest BCUT2D eigenvalue weighted by Crippen LogP contribution is 2.28. The number of nitrogens with two attached hydrogens (primary N) is 1. The van der Waals surface area contributed by atoms with Crippen molar-refractivity contribution in [2.75, 3.05) is 33.3 Å². The van der Waals surface area contributed by atoms with Crippen LogP contribution in [0, 0.1) is 5.41 Å². The molecule has 0 saturated heterocycles. The van der Waals surface area contributed by atoms with Gasteiger partial charge in [-0.25, -0.2) is 0 Å². The van der Waals surface area contributed by atoms with Crippen LogP contribution in [0.3, 0.4) is 0 Å². The molecule has 1 heterocycles. The van der Waals surface area contributed by atoms with E-state index in [0.717, 1.165) is 11.3 Å². The molecule has 3 N–H and O–H groups in total. The Balaban J connectivity index is 2.19. The van der Waals surface area contributed by atoms with Crippen molar-refractivity contribution in [2.24, 2.45) is 11.1 Å². The van der Waals surface area contributed by atoms with Gasteiger partial charge in [-0.15, -0.1) is 0 Å². The molecule has 0 aromatic heterocycles. The molecular weight excluding hydrogens is 266 g/mol. The zero-order valence-corrected chi connectivity index (χ0v) is 13.1. The lowest BCUT2D eigenvalue weighted by molar-refractivity contribution is -0.133. The van der Waals surface area contributed by atoms with Gasteiger partial charge in [0, 0.05) is 25.7 Å². The molecule has 116 valence electrons. The van der Waals surface area contributed by atoms with E-state index < -0.39 is 0 Å². The normalized spacial score (nSPS) is 18.4. The molecule has 1 aromatic rings. The lowest BCUT2D eigenvalue weighted by Gasteiger charge is -2.31. The first-order valence-corrected chi connectivity index (χ1v) is 7.35. The minimum Gasteiger partial charge on any atom is -0.492 e. The topological polar surface area (TPSA) is 67.6 Å². The molecule has 0 aliphatic carbocycles. The minimum atomic E-state index is -0.359. The Kier molecular flexibility index (Phi) is 4.85. The van der Waals surface area contributed by atoms with E-state index in [9.17, 15) is 4.79 Å². The van der Waals surface area contributed by atoms with E-state index in [0.29, 0.717) is 26.2 Å². The van der Waals surface area contributed by atoms with E-state index >= 15 is 0 Å². The Bertz CT molecular complexity index is 502. The second kappa shape index (κ2) is 6.45. The Labute approximate surface area is 126 Å². The van der Waals surface area contributed by atoms with Crippen LogP contribution in [0.25, 0.3) is 0 Å². The van der Waals surface area contributed by atoms with E-state index in [1.54, 1.807) is 4.90 Å². The number of rotatable bonds is 4. The van der Waals surface area contributed by atoms with Gasteiger partial charge in [-0.2, -0.15) is 0 Å². The minimum absolute atomic E-state index is 0.0504. The van der Waals surface area contributed by atoms with Gasteiger partial charge in [0.25, 0.3) is 0 Å². The third-order valence-electron chi connectivity index (χ3n) is 3.78. The standard InChI is InChI=1S/C16H25N3O2/c1-16(2,10-17)11-19(3)15(20)14-12-6-4-5-7-13(12)21-9-8-18-14/h4-7,14,18H,8-11,17H2,1-3H3. The zero-order valence-electron chi connectivity index (χ0n) is 13.1. The number of nitrogens with zero attached hydrogens (tertiary/aromatic N) is 1. The van der Waals surface area contributed by atoms with Crippen molar-refractivity contribution in [3.8, 4) is 5.75 Å². The van der Waals surface area contributed by atoms with E-state index in [-0.39, 0.29) is 17.4 Å². The van der Waals surface area contributed by atoms with Gasteiger partial charge < -0.3 is 15.4 Å². The van der Waals surface area contributed by atoms with Gasteiger partial charge in [-0.3, -0.25) is 10.1 Å². The molecule has 1 aliphatic heterocycles. The van der Waals surface area contributed by atoms with Gasteiger partial charge in [0.15, 0.2) is 0 Å². The van der Waals surface area contributed by atoms with Crippen LogP contribution in [0.4, 0.5) is 0 Å². The summed E-state index contributed by atoms with van der Waals surface area (Å²) in [7, 11) is 1.83. The van der Waals surface area contributed by atoms with Crippen LogP contribution < -0.4 is 15.8 Å². The quantitative estimate of drug-likeness (QED) is 0.873. The lowest BCUT2D eigenvalue weighted by Crippen LogP contribution is -2.44. The second-order valence-electron chi connectivity index (χ2n) is 6.34. The largest absolute Gasteiger partial charge is 0.492 e. The lowest BCUT2D eigenvalue weighted by atomic mass is 9.92. The molecule has 5 nitrogen and oxygen atoms in total. The molecule has 1 unspecified atom stereocenters. The van der Waals surface area contributed by atoms with Gasteiger partial charge in [-0.1, -0.05) is 32.0 Å². The fraction of sp³-hybridized carbons (Fsp3) is 0.562. The van der Waals surface area contributed by atoms with Gasteiger partial charge in [0.2, 0.25) is 5.91 Å². The van der Waals surface area contributed by atoms with Crippen LogP contribution >= 0.6 is 0 Å². The Morgan fingerprint density at radius 1 is 1.48 bits per heavy atom. The summed E-state index contributed by atoms with van der Waals surface area (Å²) in [4.78, 5) is 14.5. The SMILES string of the molecule is CN(CC(C)(C)CN)C(=O)C1NCCOc2ccccc21. The van der Waals surface area contributed by atoms with Gasteiger partial charge >= 0.3 is 0 Å². The van der Waals surface area contributed by atoms with Crippen molar-refractivity contribution in [3.05, 3.63) is 29.8 Å². The van der Waals surface area contributed by atoms with Crippen molar-refractivity contribution >= 4 is 5.91 Å². The molecule has 0 fully saturated rings. The Hall–Kier alpha value is -1.59. The maximum absolute atomic E-state index is 12.8. The van der Waals surface area contributed by atoms with Crippen molar-refractivity contribution in [1.82, 2.24) is 10.2 Å². The van der Waals surface area contributed by atoms with Gasteiger partial charge in [-0.05, 0) is 18.0 Å². The maximum Gasteiger partial charge on any atom is 0.244 e. The number of likely N-dealkylation sites (N-methyl/N-ethyl adjacent to an activating group) is 1. The summed E-state index contributed by atoms with van der Waals surface area (Å²) in [6.07, 6.45) is 0. The highest BCUT2D eigenvalue weighted by atomic mass is 16.5. The Morgan fingerprint density at radius 3 is 2.90 bits per heavy atom. The summed E-state index contributed by atoms with van der Waals surface area (Å²) >= 11 is 0. The number of carbonyl (C=O) groups is 1. The summed E-state index contributed by atoms with van der Waals surface area (Å²) in [5.74, 6) is 0.835. The van der Waals surface area contributed by atoms with Gasteiger partial charge in [0.05, 0.1) is 0 Å². The summed E-state index contributed by atoms with van der Waals surface area (Å²) in [6.45, 7) is 6.52. The first-order chi connectivity index (χ1) is 9.94. The zero-order chi connectivity index (χ0) is 15.5. The molecule has 0 saturated carbocycles. The average Bonchev–Trinajstić information content (AvgIpc) is 2.68. The number of nitrogens with one attached hydrogen (secondary N) is 1. The number of para-hydroxylation sites is 1. The smallest absolute Gasteiger partial charge is 0.244 e. The number of hydrogen-bond acceptors (Lipinski definition) is 4. The summed E-state index contributed by atoms with van der Waals surface area (Å²) in [5, 5.41) is 3.27. The average molecular weight is 291 g/mol. The van der Waals surface area contributed by atoms with E-state index in [4.69, 9.17) is 10.5 Å². The van der Waals surface area contributed by atoms with Crippen molar-refractivity contribution in [3.63, 3.8) is 0 Å². The molecule has 1 aliphatic rings. The molecule has 1 aromatic carbocycles. The highest BCUT2D eigenvalue weighted by Gasteiger charge is 2.30. The number of hydrogen-bond donors (Lipinski definition) is 2. The van der Waals surface area contributed by atoms with Crippen LogP contribution in [-0.4, -0.2) is 44.1 Å². The van der Waals surface area contributed by atoms with Crippen molar-refractivity contribution in [1.29, 1.82) is 0 Å². The number of fused-ring (bicyclic) bond motifs is 1.